The molecule has 0 saturated carbocycles. The second-order valence-corrected chi connectivity index (χ2v) is 9.20. The normalized spacial score (nSPS) is 12.2. The highest BCUT2D eigenvalue weighted by Crippen LogP contribution is 2.27. The highest BCUT2D eigenvalue weighted by atomic mass is 32.1. The smallest absolute Gasteiger partial charge is 0.258 e. The van der Waals surface area contributed by atoms with Crippen LogP contribution < -0.4 is 10.9 Å². The van der Waals surface area contributed by atoms with Gasteiger partial charge in [-0.15, -0.1) is 11.3 Å². The molecule has 0 radical (unpaired) electrons. The largest absolute Gasteiger partial charge is 0.344 e. The van der Waals surface area contributed by atoms with Gasteiger partial charge >= 0.3 is 0 Å². The third kappa shape index (κ3) is 5.14. The number of para-hydroxylation sites is 1. The number of hydrogen-bond acceptors (Lipinski definition) is 4. The first kappa shape index (κ1) is 22.0. The molecule has 0 bridgehead atoms. The summed E-state index contributed by atoms with van der Waals surface area (Å²) in [6.45, 7) is 4.34. The molecule has 2 heterocycles. The van der Waals surface area contributed by atoms with Gasteiger partial charge in [0.15, 0.2) is 0 Å². The van der Waals surface area contributed by atoms with Gasteiger partial charge in [0.25, 0.3) is 5.56 Å². The second-order valence-electron chi connectivity index (χ2n) is 8.22. The minimum absolute atomic E-state index is 0.0144. The first-order valence-electron chi connectivity index (χ1n) is 10.9. The topological polar surface area (TPSA) is 74.8 Å². The summed E-state index contributed by atoms with van der Waals surface area (Å²) in [6.07, 6.45) is 1.51. The quantitative estimate of drug-likeness (QED) is 0.385. The van der Waals surface area contributed by atoms with E-state index in [1.54, 1.807) is 17.4 Å². The van der Waals surface area contributed by atoms with Crippen molar-refractivity contribution in [2.75, 3.05) is 0 Å². The van der Waals surface area contributed by atoms with Crippen LogP contribution in [0.3, 0.4) is 0 Å². The Hall–Kier alpha value is -3.25. The fourth-order valence-corrected chi connectivity index (χ4v) is 4.55. The van der Waals surface area contributed by atoms with Crippen molar-refractivity contribution in [2.45, 2.75) is 45.1 Å². The molecule has 6 heteroatoms. The molecule has 32 heavy (non-hydrogen) atoms. The van der Waals surface area contributed by atoms with Crippen LogP contribution in [0.1, 0.15) is 60.5 Å². The van der Waals surface area contributed by atoms with Gasteiger partial charge in [0.1, 0.15) is 5.82 Å². The van der Waals surface area contributed by atoms with Gasteiger partial charge in [0.05, 0.1) is 16.9 Å². The van der Waals surface area contributed by atoms with Crippen molar-refractivity contribution in [1.82, 2.24) is 15.3 Å². The van der Waals surface area contributed by atoms with E-state index in [1.807, 2.05) is 29.6 Å². The van der Waals surface area contributed by atoms with Crippen LogP contribution in [-0.4, -0.2) is 15.9 Å². The maximum Gasteiger partial charge on any atom is 0.258 e. The summed E-state index contributed by atoms with van der Waals surface area (Å²) >= 11 is 1.64. The first-order valence-corrected chi connectivity index (χ1v) is 11.8. The average molecular weight is 446 g/mol. The predicted molar refractivity (Wildman–Crippen MR) is 130 cm³/mol. The number of amides is 1. The molecule has 0 aliphatic carbocycles. The summed E-state index contributed by atoms with van der Waals surface area (Å²) in [5.74, 6) is 1.06. The highest BCUT2D eigenvalue weighted by Gasteiger charge is 2.18. The van der Waals surface area contributed by atoms with Gasteiger partial charge in [-0.05, 0) is 47.0 Å². The number of aryl methyl sites for hydroxylation is 1. The van der Waals surface area contributed by atoms with Gasteiger partial charge in [0, 0.05) is 17.7 Å². The number of carbonyl (C=O) groups is 1. The molecule has 2 aromatic heterocycles. The van der Waals surface area contributed by atoms with E-state index in [2.05, 4.69) is 59.5 Å². The molecule has 0 aliphatic heterocycles. The van der Waals surface area contributed by atoms with Gasteiger partial charge in [-0.2, -0.15) is 0 Å². The van der Waals surface area contributed by atoms with Crippen LogP contribution in [0.15, 0.2) is 70.8 Å². The fraction of sp³-hybridized carbons (Fsp3) is 0.269. The van der Waals surface area contributed by atoms with Crippen LogP contribution in [0, 0.1) is 0 Å². The number of nitrogens with one attached hydrogen (secondary N) is 2. The number of carbonyl (C=O) groups excluding carboxylic acids is 1. The van der Waals surface area contributed by atoms with Gasteiger partial charge < -0.3 is 10.3 Å². The summed E-state index contributed by atoms with van der Waals surface area (Å²) < 4.78 is 0. The van der Waals surface area contributed by atoms with Gasteiger partial charge in [0.2, 0.25) is 5.91 Å². The molecule has 1 amide bonds. The maximum atomic E-state index is 12.8. The van der Waals surface area contributed by atoms with E-state index in [0.29, 0.717) is 41.9 Å². The third-order valence-electron chi connectivity index (χ3n) is 5.55. The minimum Gasteiger partial charge on any atom is -0.344 e. The number of aromatic nitrogens is 2. The van der Waals surface area contributed by atoms with Crippen LogP contribution in [0.2, 0.25) is 0 Å². The Morgan fingerprint density at radius 3 is 2.50 bits per heavy atom. The van der Waals surface area contributed by atoms with Gasteiger partial charge in [-0.25, -0.2) is 4.98 Å². The molecular formula is C26H27N3O2S. The van der Waals surface area contributed by atoms with Crippen molar-refractivity contribution < 1.29 is 4.79 Å². The zero-order chi connectivity index (χ0) is 22.5. The molecule has 1 unspecified atom stereocenters. The number of nitrogens with zero attached hydrogens (tertiary/aromatic N) is 1. The van der Waals surface area contributed by atoms with Crippen molar-refractivity contribution in [3.8, 4) is 0 Å². The summed E-state index contributed by atoms with van der Waals surface area (Å²) in [5.41, 5.74) is 2.89. The van der Waals surface area contributed by atoms with E-state index in [0.717, 1.165) is 10.4 Å². The number of hydrogen-bond donors (Lipinski definition) is 2. The van der Waals surface area contributed by atoms with Crippen LogP contribution >= 0.6 is 11.3 Å². The number of H-pyrrole nitrogens is 1. The SMILES string of the molecule is CC(C)c1ccc(C(NC(=O)CCCc2nc3ccccc3c(=O)[nH]2)c2cccs2)cc1. The lowest BCUT2D eigenvalue weighted by molar-refractivity contribution is -0.121. The van der Waals surface area contributed by atoms with E-state index >= 15 is 0 Å². The molecule has 4 aromatic rings. The van der Waals surface area contributed by atoms with Crippen LogP contribution in [-0.2, 0) is 11.2 Å². The van der Waals surface area contributed by atoms with E-state index in [9.17, 15) is 9.59 Å². The van der Waals surface area contributed by atoms with Gasteiger partial charge in [-0.1, -0.05) is 56.3 Å². The monoisotopic (exact) mass is 445 g/mol. The number of fused-ring (bicyclic) bond motifs is 1. The number of benzene rings is 2. The molecule has 0 fully saturated rings. The zero-order valence-corrected chi connectivity index (χ0v) is 19.1. The third-order valence-corrected chi connectivity index (χ3v) is 6.49. The number of aromatic amines is 1. The highest BCUT2D eigenvalue weighted by molar-refractivity contribution is 7.10. The molecule has 0 spiro atoms. The molecule has 2 aromatic carbocycles. The van der Waals surface area contributed by atoms with Crippen molar-refractivity contribution in [3.05, 3.63) is 98.2 Å². The Morgan fingerprint density at radius 1 is 1.03 bits per heavy atom. The summed E-state index contributed by atoms with van der Waals surface area (Å²) in [7, 11) is 0. The number of rotatable bonds is 8. The summed E-state index contributed by atoms with van der Waals surface area (Å²) in [5, 5.41) is 5.80. The molecule has 164 valence electrons. The maximum absolute atomic E-state index is 12.8. The van der Waals surface area contributed by atoms with E-state index in [-0.39, 0.29) is 17.5 Å². The molecule has 0 saturated heterocycles. The Balaban J connectivity index is 1.41. The standard InChI is InChI=1S/C26H27N3O2S/c1-17(2)18-12-14-19(15-13-18)25(22-9-6-16-32-22)29-24(30)11-5-10-23-27-21-8-4-3-7-20(21)26(31)28-23/h3-4,6-9,12-17,25H,5,10-11H2,1-2H3,(H,29,30)(H,27,28,31). The first-order chi connectivity index (χ1) is 15.5. The molecule has 0 aliphatic rings. The molecule has 1 atom stereocenters. The average Bonchev–Trinajstić information content (AvgIpc) is 3.32. The van der Waals surface area contributed by atoms with Crippen molar-refractivity contribution in [1.29, 1.82) is 0 Å². The second kappa shape index (κ2) is 9.92. The Labute approximate surface area is 191 Å². The van der Waals surface area contributed by atoms with Crippen molar-refractivity contribution in [2.24, 2.45) is 0 Å². The van der Waals surface area contributed by atoms with Crippen molar-refractivity contribution in [3.63, 3.8) is 0 Å². The lowest BCUT2D eigenvalue weighted by atomic mass is 9.98. The zero-order valence-electron chi connectivity index (χ0n) is 18.3. The minimum atomic E-state index is -0.165. The van der Waals surface area contributed by atoms with Crippen LogP contribution in [0.5, 0.6) is 0 Å². The Bertz CT molecular complexity index is 1240. The Kier molecular flexibility index (Phi) is 6.81. The lowest BCUT2D eigenvalue weighted by Crippen LogP contribution is -2.28. The summed E-state index contributed by atoms with van der Waals surface area (Å²) in [4.78, 5) is 33.4. The van der Waals surface area contributed by atoms with Crippen LogP contribution in [0.25, 0.3) is 10.9 Å². The fourth-order valence-electron chi connectivity index (χ4n) is 3.75. The molecule has 2 N–H and O–H groups in total. The predicted octanol–water partition coefficient (Wildman–Crippen LogP) is 5.34. The van der Waals surface area contributed by atoms with E-state index in [1.165, 1.54) is 5.56 Å². The molecule has 4 rings (SSSR count). The number of thiophene rings is 1. The van der Waals surface area contributed by atoms with Gasteiger partial charge in [-0.3, -0.25) is 9.59 Å². The van der Waals surface area contributed by atoms with Crippen molar-refractivity contribution >= 4 is 28.1 Å². The molecular weight excluding hydrogens is 418 g/mol. The molecule has 5 nitrogen and oxygen atoms in total. The van der Waals surface area contributed by atoms with Crippen LogP contribution in [0.4, 0.5) is 0 Å². The lowest BCUT2D eigenvalue weighted by Gasteiger charge is -2.19. The van der Waals surface area contributed by atoms with E-state index in [4.69, 9.17) is 0 Å². The van der Waals surface area contributed by atoms with E-state index < -0.39 is 0 Å². The summed E-state index contributed by atoms with van der Waals surface area (Å²) in [6, 6.07) is 19.6. The Morgan fingerprint density at radius 2 is 1.78 bits per heavy atom.